The Kier molecular flexibility index (Phi) is 6.57. The highest BCUT2D eigenvalue weighted by Gasteiger charge is 2.14. The number of hydrogen-bond acceptors (Lipinski definition) is 5. The molecule has 1 atom stereocenters. The van der Waals surface area contributed by atoms with Crippen LogP contribution in [0.1, 0.15) is 45.6 Å². The van der Waals surface area contributed by atoms with Crippen molar-refractivity contribution in [3.63, 3.8) is 0 Å². The molecule has 148 valence electrons. The van der Waals surface area contributed by atoms with Crippen LogP contribution in [0.2, 0.25) is 0 Å². The monoisotopic (exact) mass is 415 g/mol. The molecule has 7 heteroatoms. The third-order valence-corrected chi connectivity index (χ3v) is 6.42. The number of amides is 1. The van der Waals surface area contributed by atoms with Gasteiger partial charge in [-0.3, -0.25) is 9.59 Å². The van der Waals surface area contributed by atoms with Crippen LogP contribution in [0.25, 0.3) is 21.3 Å². The minimum Gasteiger partial charge on any atom is -0.353 e. The van der Waals surface area contributed by atoms with Crippen LogP contribution in [0.4, 0.5) is 0 Å². The van der Waals surface area contributed by atoms with Crippen LogP contribution in [-0.4, -0.2) is 27.7 Å². The molecule has 1 amide bonds. The van der Waals surface area contributed by atoms with E-state index in [2.05, 4.69) is 53.4 Å². The average molecular weight is 416 g/mol. The van der Waals surface area contributed by atoms with Crippen molar-refractivity contribution in [1.82, 2.24) is 15.3 Å². The van der Waals surface area contributed by atoms with E-state index in [0.717, 1.165) is 17.5 Å². The molecule has 0 unspecified atom stereocenters. The summed E-state index contributed by atoms with van der Waals surface area (Å²) in [6.45, 7) is 8.31. The number of hydrogen-bond donors (Lipinski definition) is 2. The van der Waals surface area contributed by atoms with Gasteiger partial charge >= 0.3 is 0 Å². The topological polar surface area (TPSA) is 74.8 Å². The molecule has 0 fully saturated rings. The third-order valence-electron chi connectivity index (χ3n) is 4.67. The Hall–Kier alpha value is -2.12. The summed E-state index contributed by atoms with van der Waals surface area (Å²) < 4.78 is 0. The summed E-state index contributed by atoms with van der Waals surface area (Å²) in [4.78, 5) is 32.7. The van der Waals surface area contributed by atoms with Crippen LogP contribution in [-0.2, 0) is 4.79 Å². The molecule has 2 N–H and O–H groups in total. The zero-order valence-corrected chi connectivity index (χ0v) is 18.2. The molecule has 1 aromatic carbocycles. The molecule has 0 saturated heterocycles. The number of nitrogens with zero attached hydrogens (tertiary/aromatic N) is 1. The van der Waals surface area contributed by atoms with E-state index in [4.69, 9.17) is 0 Å². The van der Waals surface area contributed by atoms with Crippen molar-refractivity contribution in [2.45, 2.75) is 51.2 Å². The van der Waals surface area contributed by atoms with E-state index < -0.39 is 0 Å². The van der Waals surface area contributed by atoms with Crippen LogP contribution < -0.4 is 10.9 Å². The molecule has 0 saturated carbocycles. The fourth-order valence-corrected chi connectivity index (χ4v) is 4.49. The fraction of sp³-hybridized carbons (Fsp3) is 0.381. The minimum atomic E-state index is -0.168. The van der Waals surface area contributed by atoms with Gasteiger partial charge in [0.15, 0.2) is 5.16 Å². The minimum absolute atomic E-state index is 0.0563. The van der Waals surface area contributed by atoms with E-state index in [9.17, 15) is 9.59 Å². The molecule has 3 rings (SSSR count). The van der Waals surface area contributed by atoms with E-state index in [0.29, 0.717) is 21.3 Å². The van der Waals surface area contributed by atoms with Crippen LogP contribution in [0.15, 0.2) is 39.6 Å². The number of aromatic nitrogens is 2. The van der Waals surface area contributed by atoms with Gasteiger partial charge in [0.1, 0.15) is 4.83 Å². The van der Waals surface area contributed by atoms with Gasteiger partial charge in [-0.15, -0.1) is 11.3 Å². The van der Waals surface area contributed by atoms with Crippen molar-refractivity contribution in [2.75, 3.05) is 5.75 Å². The maximum Gasteiger partial charge on any atom is 0.260 e. The lowest BCUT2D eigenvalue weighted by molar-refractivity contribution is -0.119. The van der Waals surface area contributed by atoms with Crippen molar-refractivity contribution in [1.29, 1.82) is 0 Å². The van der Waals surface area contributed by atoms with Gasteiger partial charge in [-0.2, -0.15) is 0 Å². The average Bonchev–Trinajstić information content (AvgIpc) is 3.11. The highest BCUT2D eigenvalue weighted by molar-refractivity contribution is 7.99. The van der Waals surface area contributed by atoms with E-state index in [1.807, 2.05) is 19.2 Å². The van der Waals surface area contributed by atoms with Crippen molar-refractivity contribution in [3.05, 3.63) is 45.6 Å². The standard InChI is InChI=1S/C21H25N3O2S2/c1-5-13(4)22-17(25)11-28-21-23-19(26)18-16(10-27-20(18)24-21)15-8-6-14(7-9-15)12(2)3/h6-10,12-13H,5,11H2,1-4H3,(H,22,25)(H,23,24,26)/t13-/m0/s1. The van der Waals surface area contributed by atoms with Gasteiger partial charge in [0.25, 0.3) is 5.56 Å². The molecule has 0 radical (unpaired) electrons. The maximum absolute atomic E-state index is 12.7. The van der Waals surface area contributed by atoms with Gasteiger partial charge in [-0.05, 0) is 30.4 Å². The zero-order valence-electron chi connectivity index (χ0n) is 16.5. The molecule has 5 nitrogen and oxygen atoms in total. The van der Waals surface area contributed by atoms with E-state index in [1.54, 1.807) is 0 Å². The normalized spacial score (nSPS) is 12.5. The van der Waals surface area contributed by atoms with Crippen LogP contribution >= 0.6 is 23.1 Å². The first-order valence-corrected chi connectivity index (χ1v) is 11.3. The largest absolute Gasteiger partial charge is 0.353 e. The summed E-state index contributed by atoms with van der Waals surface area (Å²) in [6.07, 6.45) is 0.883. The van der Waals surface area contributed by atoms with Crippen LogP contribution in [0.3, 0.4) is 0 Å². The van der Waals surface area contributed by atoms with E-state index in [-0.39, 0.29) is 23.3 Å². The summed E-state index contributed by atoms with van der Waals surface area (Å²) in [5.41, 5.74) is 3.01. The predicted molar refractivity (Wildman–Crippen MR) is 118 cm³/mol. The highest BCUT2D eigenvalue weighted by atomic mass is 32.2. The summed E-state index contributed by atoms with van der Waals surface area (Å²) >= 11 is 2.70. The zero-order chi connectivity index (χ0) is 20.3. The van der Waals surface area contributed by atoms with Crippen molar-refractivity contribution in [3.8, 4) is 11.1 Å². The lowest BCUT2D eigenvalue weighted by Crippen LogP contribution is -2.33. The van der Waals surface area contributed by atoms with Crippen LogP contribution in [0.5, 0.6) is 0 Å². The number of carbonyl (C=O) groups excluding carboxylic acids is 1. The summed E-state index contributed by atoms with van der Waals surface area (Å²) in [6, 6.07) is 8.46. The number of thiophene rings is 1. The molecule has 28 heavy (non-hydrogen) atoms. The van der Waals surface area contributed by atoms with Crippen LogP contribution in [0, 0.1) is 0 Å². The van der Waals surface area contributed by atoms with Gasteiger partial charge in [-0.25, -0.2) is 4.98 Å². The van der Waals surface area contributed by atoms with Gasteiger partial charge in [0, 0.05) is 17.0 Å². The number of nitrogens with one attached hydrogen (secondary N) is 2. The maximum atomic E-state index is 12.7. The lowest BCUT2D eigenvalue weighted by atomic mass is 9.99. The lowest BCUT2D eigenvalue weighted by Gasteiger charge is -2.10. The van der Waals surface area contributed by atoms with Gasteiger partial charge in [-0.1, -0.05) is 56.8 Å². The quantitative estimate of drug-likeness (QED) is 0.430. The smallest absolute Gasteiger partial charge is 0.260 e. The number of aromatic amines is 1. The Morgan fingerprint density at radius 1 is 1.25 bits per heavy atom. The first kappa shape index (κ1) is 20.6. The predicted octanol–water partition coefficient (Wildman–Crippen LogP) is 4.78. The summed E-state index contributed by atoms with van der Waals surface area (Å²) in [7, 11) is 0. The number of thioether (sulfide) groups is 1. The molecule has 2 aromatic heterocycles. The number of carbonyl (C=O) groups is 1. The number of H-pyrrole nitrogens is 1. The molecule has 0 aliphatic heterocycles. The molecule has 0 aliphatic rings. The summed E-state index contributed by atoms with van der Waals surface area (Å²) in [5, 5.41) is 5.97. The Labute approximate surface area is 173 Å². The molecular weight excluding hydrogens is 390 g/mol. The Morgan fingerprint density at radius 2 is 1.96 bits per heavy atom. The molecular formula is C21H25N3O2S2. The van der Waals surface area contributed by atoms with Gasteiger partial charge < -0.3 is 10.3 Å². The Bertz CT molecular complexity index is 1020. The summed E-state index contributed by atoms with van der Waals surface area (Å²) in [5.74, 6) is 0.642. The Balaban J connectivity index is 1.82. The van der Waals surface area contributed by atoms with Crippen molar-refractivity contribution < 1.29 is 4.79 Å². The molecule has 0 spiro atoms. The van der Waals surface area contributed by atoms with Gasteiger partial charge in [0.05, 0.1) is 11.1 Å². The molecule has 0 bridgehead atoms. The van der Waals surface area contributed by atoms with Crippen molar-refractivity contribution >= 4 is 39.2 Å². The second kappa shape index (κ2) is 8.92. The number of rotatable bonds is 7. The highest BCUT2D eigenvalue weighted by Crippen LogP contribution is 2.32. The Morgan fingerprint density at radius 3 is 2.61 bits per heavy atom. The molecule has 2 heterocycles. The molecule has 0 aliphatic carbocycles. The van der Waals surface area contributed by atoms with Crippen molar-refractivity contribution in [2.24, 2.45) is 0 Å². The first-order valence-electron chi connectivity index (χ1n) is 9.43. The van der Waals surface area contributed by atoms with E-state index in [1.165, 1.54) is 28.7 Å². The van der Waals surface area contributed by atoms with E-state index >= 15 is 0 Å². The SMILES string of the molecule is CC[C@H](C)NC(=O)CSc1nc2scc(-c3ccc(C(C)C)cc3)c2c(=O)[nH]1. The first-order chi connectivity index (χ1) is 13.4. The third kappa shape index (κ3) is 4.64. The molecule has 3 aromatic rings. The second-order valence-corrected chi connectivity index (χ2v) is 8.96. The fourth-order valence-electron chi connectivity index (χ4n) is 2.81. The second-order valence-electron chi connectivity index (χ2n) is 7.14. The van der Waals surface area contributed by atoms with Gasteiger partial charge in [0.2, 0.25) is 5.91 Å². The number of fused-ring (bicyclic) bond motifs is 1. The number of benzene rings is 1.